The highest BCUT2D eigenvalue weighted by Gasteiger charge is 2.39. The first-order chi connectivity index (χ1) is 15.8. The number of fused-ring (bicyclic) bond motifs is 1. The second-order valence-corrected chi connectivity index (χ2v) is 9.12. The van der Waals surface area contributed by atoms with Gasteiger partial charge in [0.2, 0.25) is 0 Å². The second-order valence-electron chi connectivity index (χ2n) is 9.12. The Morgan fingerprint density at radius 2 is 2.03 bits per heavy atom. The highest BCUT2D eigenvalue weighted by molar-refractivity contribution is 5.85. The van der Waals surface area contributed by atoms with E-state index in [0.717, 1.165) is 47.7 Å². The van der Waals surface area contributed by atoms with Crippen LogP contribution in [0.4, 0.5) is 0 Å². The molecule has 2 heterocycles. The molecule has 33 heavy (non-hydrogen) atoms. The van der Waals surface area contributed by atoms with E-state index >= 15 is 0 Å². The molecule has 6 nitrogen and oxygen atoms in total. The van der Waals surface area contributed by atoms with Crippen molar-refractivity contribution >= 4 is 22.9 Å². The predicted octanol–water partition coefficient (Wildman–Crippen LogP) is 5.73. The third kappa shape index (κ3) is 6.85. The summed E-state index contributed by atoms with van der Waals surface area (Å²) in [6.45, 7) is 5.96. The molecule has 3 atom stereocenters. The van der Waals surface area contributed by atoms with Gasteiger partial charge in [0.1, 0.15) is 6.10 Å². The Morgan fingerprint density at radius 1 is 1.24 bits per heavy atom. The van der Waals surface area contributed by atoms with Gasteiger partial charge in [-0.1, -0.05) is 56.5 Å². The molecule has 0 radical (unpaired) electrons. The lowest BCUT2D eigenvalue weighted by Crippen LogP contribution is -2.21. The van der Waals surface area contributed by atoms with E-state index in [2.05, 4.69) is 11.9 Å². The fraction of sp³-hybridized carbons (Fsp3) is 0.556. The summed E-state index contributed by atoms with van der Waals surface area (Å²) in [7, 11) is 1.40. The Hall–Kier alpha value is -2.28. The van der Waals surface area contributed by atoms with Gasteiger partial charge in [0.25, 0.3) is 0 Å². The first kappa shape index (κ1) is 25.3. The average Bonchev–Trinajstić information content (AvgIpc) is 3.10. The van der Waals surface area contributed by atoms with Crippen LogP contribution in [0.3, 0.4) is 0 Å². The summed E-state index contributed by atoms with van der Waals surface area (Å²) >= 11 is 0. The number of benzene rings is 1. The van der Waals surface area contributed by atoms with Crippen LogP contribution in [0.2, 0.25) is 0 Å². The molecule has 1 aromatic carbocycles. The minimum atomic E-state index is -0.699. The molecule has 1 saturated heterocycles. The SMILES string of the molecule is CCCCCC(O)c1c(/C=C/[C@H]2OC(C)(C)O[C@H]2CCCC(=O)OC)cnc2ccccc12. The van der Waals surface area contributed by atoms with Crippen LogP contribution in [0, 0.1) is 0 Å². The number of methoxy groups -OCH3 is 1. The Morgan fingerprint density at radius 3 is 2.79 bits per heavy atom. The number of pyridine rings is 1. The summed E-state index contributed by atoms with van der Waals surface area (Å²) in [4.78, 5) is 16.1. The number of aliphatic hydroxyl groups excluding tert-OH is 1. The van der Waals surface area contributed by atoms with Crippen molar-refractivity contribution in [2.24, 2.45) is 0 Å². The molecule has 0 aliphatic carbocycles. The maximum Gasteiger partial charge on any atom is 0.305 e. The topological polar surface area (TPSA) is 77.9 Å². The summed E-state index contributed by atoms with van der Waals surface area (Å²) < 4.78 is 17.0. The van der Waals surface area contributed by atoms with Crippen molar-refractivity contribution < 1.29 is 24.1 Å². The molecule has 0 saturated carbocycles. The lowest BCUT2D eigenvalue weighted by atomic mass is 9.94. The van der Waals surface area contributed by atoms with Gasteiger partial charge in [-0.25, -0.2) is 0 Å². The Balaban J connectivity index is 1.83. The largest absolute Gasteiger partial charge is 0.469 e. The number of unbranched alkanes of at least 4 members (excludes halogenated alkanes) is 2. The highest BCUT2D eigenvalue weighted by Crippen LogP contribution is 2.34. The zero-order valence-electron chi connectivity index (χ0n) is 20.3. The number of carbonyl (C=O) groups excluding carboxylic acids is 1. The minimum Gasteiger partial charge on any atom is -0.469 e. The number of hydrogen-bond acceptors (Lipinski definition) is 6. The van der Waals surface area contributed by atoms with Crippen LogP contribution >= 0.6 is 0 Å². The van der Waals surface area contributed by atoms with Crippen molar-refractivity contribution in [3.63, 3.8) is 0 Å². The first-order valence-corrected chi connectivity index (χ1v) is 12.0. The van der Waals surface area contributed by atoms with Crippen LogP contribution < -0.4 is 0 Å². The highest BCUT2D eigenvalue weighted by atomic mass is 16.7. The van der Waals surface area contributed by atoms with E-state index in [1.807, 2.05) is 56.5 Å². The van der Waals surface area contributed by atoms with Crippen LogP contribution in [0.15, 0.2) is 36.5 Å². The van der Waals surface area contributed by atoms with Crippen molar-refractivity contribution in [2.75, 3.05) is 7.11 Å². The monoisotopic (exact) mass is 455 g/mol. The molecule has 1 unspecified atom stereocenters. The van der Waals surface area contributed by atoms with Crippen LogP contribution in [0.1, 0.15) is 82.9 Å². The Labute approximate surface area is 197 Å². The summed E-state index contributed by atoms with van der Waals surface area (Å²) in [6.07, 6.45) is 10.5. The molecule has 0 amide bonds. The number of para-hydroxylation sites is 1. The third-order valence-corrected chi connectivity index (χ3v) is 6.05. The van der Waals surface area contributed by atoms with Crippen LogP contribution in [-0.2, 0) is 19.0 Å². The molecule has 1 aromatic heterocycles. The summed E-state index contributed by atoms with van der Waals surface area (Å²) in [6, 6.07) is 7.93. The van der Waals surface area contributed by atoms with Crippen LogP contribution in [0.25, 0.3) is 17.0 Å². The molecule has 3 rings (SSSR count). The van der Waals surface area contributed by atoms with Gasteiger partial charge in [-0.05, 0) is 50.3 Å². The fourth-order valence-corrected chi connectivity index (χ4v) is 4.41. The van der Waals surface area contributed by atoms with Gasteiger partial charge in [0, 0.05) is 18.0 Å². The molecule has 1 aliphatic heterocycles. The standard InChI is InChI=1S/C27H37NO5/c1-5-6-7-13-22(29)26-19(18-28-21-12-9-8-11-20(21)26)16-17-24-23(32-27(2,3)33-24)14-10-15-25(30)31-4/h8-9,11-12,16-18,22-24,29H,5-7,10,13-15H2,1-4H3/b17-16+/t22?,23-,24+/m0/s1. The van der Waals surface area contributed by atoms with E-state index < -0.39 is 11.9 Å². The van der Waals surface area contributed by atoms with Crippen LogP contribution in [-0.4, -0.2) is 41.2 Å². The predicted molar refractivity (Wildman–Crippen MR) is 130 cm³/mol. The van der Waals surface area contributed by atoms with Gasteiger partial charge in [0.15, 0.2) is 5.79 Å². The molecule has 0 bridgehead atoms. The molecular formula is C27H37NO5. The normalized spacial score (nSPS) is 21.0. The molecule has 1 N–H and O–H groups in total. The van der Waals surface area contributed by atoms with Gasteiger partial charge in [0.05, 0.1) is 24.8 Å². The van der Waals surface area contributed by atoms with E-state index in [4.69, 9.17) is 14.2 Å². The maximum atomic E-state index is 11.5. The molecular weight excluding hydrogens is 418 g/mol. The van der Waals surface area contributed by atoms with Crippen molar-refractivity contribution in [1.29, 1.82) is 0 Å². The summed E-state index contributed by atoms with van der Waals surface area (Å²) in [5.41, 5.74) is 2.68. The number of aliphatic hydroxyl groups is 1. The quantitative estimate of drug-likeness (QED) is 0.345. The van der Waals surface area contributed by atoms with Gasteiger partial charge >= 0.3 is 5.97 Å². The van der Waals surface area contributed by atoms with Gasteiger partial charge in [-0.15, -0.1) is 0 Å². The molecule has 180 valence electrons. The van der Waals surface area contributed by atoms with Crippen molar-refractivity contribution in [2.45, 2.75) is 89.8 Å². The minimum absolute atomic E-state index is 0.160. The number of esters is 1. The molecule has 6 heteroatoms. The number of hydrogen-bond donors (Lipinski definition) is 1. The maximum absolute atomic E-state index is 11.5. The van der Waals surface area contributed by atoms with Gasteiger partial charge in [-0.2, -0.15) is 0 Å². The molecule has 1 aliphatic rings. The molecule has 0 spiro atoms. The number of rotatable bonds is 11. The lowest BCUT2D eigenvalue weighted by Gasteiger charge is -2.17. The van der Waals surface area contributed by atoms with E-state index in [1.165, 1.54) is 7.11 Å². The number of nitrogens with zero attached hydrogens (tertiary/aromatic N) is 1. The van der Waals surface area contributed by atoms with Crippen molar-refractivity contribution in [3.8, 4) is 0 Å². The summed E-state index contributed by atoms with van der Waals surface area (Å²) in [5, 5.41) is 12.1. The van der Waals surface area contributed by atoms with Crippen LogP contribution in [0.5, 0.6) is 0 Å². The van der Waals surface area contributed by atoms with Crippen molar-refractivity contribution in [3.05, 3.63) is 47.7 Å². The zero-order valence-corrected chi connectivity index (χ0v) is 20.3. The van der Waals surface area contributed by atoms with Gasteiger partial charge in [-0.3, -0.25) is 9.78 Å². The zero-order chi connectivity index (χ0) is 23.8. The smallest absolute Gasteiger partial charge is 0.305 e. The molecule has 2 aromatic rings. The first-order valence-electron chi connectivity index (χ1n) is 12.0. The van der Waals surface area contributed by atoms with Crippen molar-refractivity contribution in [1.82, 2.24) is 4.98 Å². The van der Waals surface area contributed by atoms with Gasteiger partial charge < -0.3 is 19.3 Å². The number of ether oxygens (including phenoxy) is 3. The lowest BCUT2D eigenvalue weighted by molar-refractivity contribution is -0.144. The molecule has 1 fully saturated rings. The van der Waals surface area contributed by atoms with E-state index in [-0.39, 0.29) is 18.2 Å². The summed E-state index contributed by atoms with van der Waals surface area (Å²) in [5.74, 6) is -0.918. The number of carbonyl (C=O) groups is 1. The van der Waals surface area contributed by atoms with E-state index in [0.29, 0.717) is 19.3 Å². The van der Waals surface area contributed by atoms with E-state index in [1.54, 1.807) is 0 Å². The third-order valence-electron chi connectivity index (χ3n) is 6.05. The fourth-order valence-electron chi connectivity index (χ4n) is 4.41. The Kier molecular flexibility index (Phi) is 9.01. The second kappa shape index (κ2) is 11.7. The van der Waals surface area contributed by atoms with E-state index in [9.17, 15) is 9.90 Å². The number of aromatic nitrogens is 1. The average molecular weight is 456 g/mol. The Bertz CT molecular complexity index is 955.